The molecule has 0 aliphatic carbocycles. The molecule has 0 spiro atoms. The van der Waals surface area contributed by atoms with Crippen LogP contribution in [0.5, 0.6) is 17.2 Å². The number of piperidine rings is 1. The number of carbonyl (C=O) groups is 1. The van der Waals surface area contributed by atoms with Crippen molar-refractivity contribution in [3.8, 4) is 17.2 Å². The molecule has 1 saturated heterocycles. The normalized spacial score (nSPS) is 16.1. The molecular weight excluding hydrogens is 382 g/mol. The third-order valence-corrected chi connectivity index (χ3v) is 5.80. The number of methoxy groups -OCH3 is 2. The Morgan fingerprint density at radius 1 is 1.10 bits per heavy atom. The number of rotatable bonds is 9. The van der Waals surface area contributed by atoms with Gasteiger partial charge in [0.1, 0.15) is 6.61 Å². The van der Waals surface area contributed by atoms with E-state index in [4.69, 9.17) is 14.2 Å². The Morgan fingerprint density at radius 2 is 1.70 bits per heavy atom. The van der Waals surface area contributed by atoms with Gasteiger partial charge in [0.05, 0.1) is 20.1 Å². The fraction of sp³-hybridized carbons (Fsp3) is 0.458. The van der Waals surface area contributed by atoms with E-state index >= 15 is 0 Å². The van der Waals surface area contributed by atoms with Gasteiger partial charge in [0.2, 0.25) is 5.75 Å². The molecule has 1 atom stereocenters. The molecule has 162 valence electrons. The van der Waals surface area contributed by atoms with Gasteiger partial charge in [-0.3, -0.25) is 9.69 Å². The number of carboxylic acids is 1. The smallest absolute Gasteiger partial charge is 0.306 e. The predicted molar refractivity (Wildman–Crippen MR) is 115 cm³/mol. The van der Waals surface area contributed by atoms with Crippen molar-refractivity contribution in [2.24, 2.45) is 5.92 Å². The summed E-state index contributed by atoms with van der Waals surface area (Å²) in [6.45, 7) is 4.11. The maximum absolute atomic E-state index is 11.3. The monoisotopic (exact) mass is 413 g/mol. The minimum Gasteiger partial charge on any atom is -0.493 e. The quantitative estimate of drug-likeness (QED) is 0.651. The largest absolute Gasteiger partial charge is 0.493 e. The van der Waals surface area contributed by atoms with Gasteiger partial charge < -0.3 is 19.3 Å². The Labute approximate surface area is 178 Å². The predicted octanol–water partition coefficient (Wildman–Crippen LogP) is 4.53. The van der Waals surface area contributed by atoms with Crippen molar-refractivity contribution in [2.45, 2.75) is 38.8 Å². The summed E-state index contributed by atoms with van der Waals surface area (Å²) in [5.74, 6) is 0.938. The number of ether oxygens (including phenoxy) is 3. The molecule has 0 amide bonds. The molecule has 0 radical (unpaired) electrons. The first-order valence-corrected chi connectivity index (χ1v) is 10.5. The Balaban J connectivity index is 1.81. The zero-order valence-electron chi connectivity index (χ0n) is 18.0. The number of nitrogens with zero attached hydrogens (tertiary/aromatic N) is 1. The standard InChI is InChI=1S/C24H31NO5/c1-4-20(25-12-10-18(11-13-25)24(26)27)19-14-21(28-2)23(22(15-19)29-3)30-16-17-8-6-5-7-9-17/h5-9,14-15,18,20H,4,10-13,16H2,1-3H3,(H,26,27). The lowest BCUT2D eigenvalue weighted by molar-refractivity contribution is -0.143. The summed E-state index contributed by atoms with van der Waals surface area (Å²) in [5, 5.41) is 9.27. The van der Waals surface area contributed by atoms with E-state index in [0.29, 0.717) is 36.7 Å². The van der Waals surface area contributed by atoms with Gasteiger partial charge in [-0.05, 0) is 55.6 Å². The molecule has 1 aliphatic rings. The van der Waals surface area contributed by atoms with Gasteiger partial charge in [0.15, 0.2) is 11.5 Å². The Hall–Kier alpha value is -2.73. The minimum absolute atomic E-state index is 0.172. The van der Waals surface area contributed by atoms with Crippen LogP contribution in [0.3, 0.4) is 0 Å². The highest BCUT2D eigenvalue weighted by atomic mass is 16.5. The summed E-state index contributed by atoms with van der Waals surface area (Å²) in [4.78, 5) is 13.6. The first-order valence-electron chi connectivity index (χ1n) is 10.5. The fourth-order valence-electron chi connectivity index (χ4n) is 4.13. The SMILES string of the molecule is CCC(c1cc(OC)c(OCc2ccccc2)c(OC)c1)N1CCC(C(=O)O)CC1. The second-order valence-electron chi connectivity index (χ2n) is 7.60. The summed E-state index contributed by atoms with van der Waals surface area (Å²) in [5.41, 5.74) is 2.16. The van der Waals surface area contributed by atoms with Crippen LogP contribution in [0.15, 0.2) is 42.5 Å². The van der Waals surface area contributed by atoms with Gasteiger partial charge in [-0.1, -0.05) is 37.3 Å². The van der Waals surface area contributed by atoms with E-state index in [0.717, 1.165) is 30.6 Å². The highest BCUT2D eigenvalue weighted by molar-refractivity contribution is 5.70. The first-order chi connectivity index (χ1) is 14.6. The molecule has 0 saturated carbocycles. The molecule has 0 aromatic heterocycles. The molecule has 6 heteroatoms. The maximum atomic E-state index is 11.3. The first kappa shape index (κ1) is 22.0. The zero-order valence-corrected chi connectivity index (χ0v) is 18.0. The van der Waals surface area contributed by atoms with Crippen molar-refractivity contribution in [1.29, 1.82) is 0 Å². The molecule has 1 heterocycles. The Bertz CT molecular complexity index is 806. The van der Waals surface area contributed by atoms with Crippen LogP contribution in [-0.4, -0.2) is 43.3 Å². The maximum Gasteiger partial charge on any atom is 0.306 e. The summed E-state index contributed by atoms with van der Waals surface area (Å²) in [6.07, 6.45) is 2.27. The average molecular weight is 414 g/mol. The van der Waals surface area contributed by atoms with Crippen LogP contribution in [0.4, 0.5) is 0 Å². The summed E-state index contributed by atoms with van der Waals surface area (Å²) >= 11 is 0. The van der Waals surface area contributed by atoms with Crippen LogP contribution in [0, 0.1) is 5.92 Å². The number of benzene rings is 2. The van der Waals surface area contributed by atoms with Crippen molar-refractivity contribution in [1.82, 2.24) is 4.90 Å². The van der Waals surface area contributed by atoms with E-state index in [1.165, 1.54) is 0 Å². The van der Waals surface area contributed by atoms with E-state index in [1.54, 1.807) is 14.2 Å². The van der Waals surface area contributed by atoms with Crippen LogP contribution in [0.2, 0.25) is 0 Å². The van der Waals surface area contributed by atoms with E-state index in [1.807, 2.05) is 42.5 Å². The third-order valence-electron chi connectivity index (χ3n) is 5.80. The van der Waals surface area contributed by atoms with Crippen LogP contribution in [-0.2, 0) is 11.4 Å². The lowest BCUT2D eigenvalue weighted by Gasteiger charge is -2.36. The Morgan fingerprint density at radius 3 is 2.20 bits per heavy atom. The van der Waals surface area contributed by atoms with E-state index < -0.39 is 5.97 Å². The van der Waals surface area contributed by atoms with Crippen LogP contribution >= 0.6 is 0 Å². The Kier molecular flexibility index (Phi) is 7.57. The van der Waals surface area contributed by atoms with Crippen molar-refractivity contribution in [3.63, 3.8) is 0 Å². The summed E-state index contributed by atoms with van der Waals surface area (Å²) in [7, 11) is 3.26. The molecule has 2 aromatic carbocycles. The summed E-state index contributed by atoms with van der Waals surface area (Å²) < 4.78 is 17.4. The molecule has 1 unspecified atom stereocenters. The van der Waals surface area contributed by atoms with Crippen molar-refractivity contribution in [2.75, 3.05) is 27.3 Å². The van der Waals surface area contributed by atoms with E-state index in [2.05, 4.69) is 11.8 Å². The van der Waals surface area contributed by atoms with Crippen LogP contribution < -0.4 is 14.2 Å². The third kappa shape index (κ3) is 5.05. The average Bonchev–Trinajstić information content (AvgIpc) is 2.79. The van der Waals surface area contributed by atoms with Gasteiger partial charge in [0.25, 0.3) is 0 Å². The van der Waals surface area contributed by atoms with E-state index in [9.17, 15) is 9.90 Å². The highest BCUT2D eigenvalue weighted by Gasteiger charge is 2.29. The minimum atomic E-state index is -0.689. The second kappa shape index (κ2) is 10.3. The van der Waals surface area contributed by atoms with Gasteiger partial charge in [-0.25, -0.2) is 0 Å². The topological polar surface area (TPSA) is 68.2 Å². The molecule has 30 heavy (non-hydrogen) atoms. The molecule has 2 aromatic rings. The number of likely N-dealkylation sites (tertiary alicyclic amines) is 1. The molecule has 6 nitrogen and oxygen atoms in total. The zero-order chi connectivity index (χ0) is 21.5. The second-order valence-corrected chi connectivity index (χ2v) is 7.60. The molecular formula is C24H31NO5. The number of hydrogen-bond donors (Lipinski definition) is 1. The van der Waals surface area contributed by atoms with Crippen LogP contribution in [0.25, 0.3) is 0 Å². The van der Waals surface area contributed by atoms with Crippen molar-refractivity contribution >= 4 is 5.97 Å². The molecule has 1 N–H and O–H groups in total. The lowest BCUT2D eigenvalue weighted by Crippen LogP contribution is -2.38. The molecule has 1 aliphatic heterocycles. The number of carboxylic acid groups (broad SMARTS) is 1. The van der Waals surface area contributed by atoms with Gasteiger partial charge in [0, 0.05) is 6.04 Å². The summed E-state index contributed by atoms with van der Waals surface area (Å²) in [6, 6.07) is 14.2. The lowest BCUT2D eigenvalue weighted by atomic mass is 9.93. The number of hydrogen-bond acceptors (Lipinski definition) is 5. The van der Waals surface area contributed by atoms with E-state index in [-0.39, 0.29) is 12.0 Å². The van der Waals surface area contributed by atoms with Crippen molar-refractivity contribution < 1.29 is 24.1 Å². The molecule has 0 bridgehead atoms. The number of aliphatic carboxylic acids is 1. The molecule has 3 rings (SSSR count). The van der Waals surface area contributed by atoms with Gasteiger partial charge in [-0.2, -0.15) is 0 Å². The van der Waals surface area contributed by atoms with Gasteiger partial charge in [-0.15, -0.1) is 0 Å². The van der Waals surface area contributed by atoms with Crippen LogP contribution in [0.1, 0.15) is 43.4 Å². The van der Waals surface area contributed by atoms with Crippen molar-refractivity contribution in [3.05, 3.63) is 53.6 Å². The molecule has 1 fully saturated rings. The highest BCUT2D eigenvalue weighted by Crippen LogP contribution is 2.42. The fourth-order valence-corrected chi connectivity index (χ4v) is 4.13. The van der Waals surface area contributed by atoms with Gasteiger partial charge >= 0.3 is 5.97 Å².